The Bertz CT molecular complexity index is 834. The summed E-state index contributed by atoms with van der Waals surface area (Å²) >= 11 is 0. The zero-order chi connectivity index (χ0) is 16.6. The van der Waals surface area contributed by atoms with Gasteiger partial charge in [-0.3, -0.25) is 0 Å². The molecule has 0 aliphatic heterocycles. The monoisotopic (exact) mass is 324 g/mol. The number of carboxylic acid groups (broad SMARTS) is 1. The van der Waals surface area contributed by atoms with Crippen molar-refractivity contribution in [1.29, 1.82) is 0 Å². The van der Waals surface area contributed by atoms with E-state index in [9.17, 15) is 18.0 Å². The van der Waals surface area contributed by atoms with Crippen molar-refractivity contribution in [3.05, 3.63) is 47.9 Å². The number of alkyl halides is 3. The van der Waals surface area contributed by atoms with Crippen molar-refractivity contribution in [1.82, 2.24) is 9.78 Å². The Morgan fingerprint density at radius 2 is 2.13 bits per heavy atom. The van der Waals surface area contributed by atoms with Gasteiger partial charge in [0.05, 0.1) is 23.0 Å². The molecule has 0 saturated heterocycles. The molecular weight excluding hydrogens is 313 g/mol. The fourth-order valence-electron chi connectivity index (χ4n) is 2.41. The van der Waals surface area contributed by atoms with Gasteiger partial charge < -0.3 is 9.84 Å². The van der Waals surface area contributed by atoms with Crippen LogP contribution in [0.15, 0.2) is 42.3 Å². The molecule has 1 heterocycles. The maximum absolute atomic E-state index is 12.3. The van der Waals surface area contributed by atoms with E-state index in [1.54, 1.807) is 12.1 Å². The molecule has 0 bridgehead atoms. The highest BCUT2D eigenvalue weighted by molar-refractivity contribution is 5.94. The number of aromatic carboxylic acids is 1. The molecule has 3 rings (SSSR count). The van der Waals surface area contributed by atoms with E-state index in [0.717, 1.165) is 0 Å². The first-order chi connectivity index (χ1) is 10.8. The van der Waals surface area contributed by atoms with Gasteiger partial charge in [0.2, 0.25) is 0 Å². The molecule has 0 fully saturated rings. The number of hydrogen-bond donors (Lipinski definition) is 1. The maximum Gasteiger partial charge on any atom is 0.572 e. The van der Waals surface area contributed by atoms with E-state index in [2.05, 4.69) is 9.84 Å². The zero-order valence-corrected chi connectivity index (χ0v) is 11.7. The Morgan fingerprint density at radius 3 is 2.83 bits per heavy atom. The minimum absolute atomic E-state index is 0.117. The number of fused-ring (bicyclic) bond motifs is 1. The normalized spacial score (nSPS) is 15.3. The Balaban J connectivity index is 1.97. The number of halogens is 3. The van der Waals surface area contributed by atoms with Crippen LogP contribution in [0.2, 0.25) is 0 Å². The van der Waals surface area contributed by atoms with Crippen LogP contribution in [0.3, 0.4) is 0 Å². The lowest BCUT2D eigenvalue weighted by molar-refractivity contribution is -0.306. The van der Waals surface area contributed by atoms with E-state index in [0.29, 0.717) is 23.0 Å². The largest absolute Gasteiger partial charge is 0.572 e. The summed E-state index contributed by atoms with van der Waals surface area (Å²) in [6.45, 7) is 0. The van der Waals surface area contributed by atoms with Crippen molar-refractivity contribution >= 4 is 22.6 Å². The number of hydrogen-bond acceptors (Lipinski definition) is 3. The van der Waals surface area contributed by atoms with E-state index in [1.807, 2.05) is 0 Å². The molecule has 23 heavy (non-hydrogen) atoms. The summed E-state index contributed by atoms with van der Waals surface area (Å²) in [5.74, 6) is -1.24. The Kier molecular flexibility index (Phi) is 3.59. The minimum atomic E-state index is -4.73. The molecule has 1 aromatic heterocycles. The van der Waals surface area contributed by atoms with Crippen LogP contribution in [-0.4, -0.2) is 27.2 Å². The third kappa shape index (κ3) is 3.20. The molecule has 2 aromatic rings. The Hall–Kier alpha value is -2.77. The molecule has 1 aromatic carbocycles. The van der Waals surface area contributed by atoms with E-state index < -0.39 is 12.3 Å². The van der Waals surface area contributed by atoms with Gasteiger partial charge in [-0.15, -0.1) is 13.2 Å². The van der Waals surface area contributed by atoms with Crippen LogP contribution in [-0.2, 0) is 4.74 Å². The fourth-order valence-corrected chi connectivity index (χ4v) is 2.41. The Morgan fingerprint density at radius 1 is 1.35 bits per heavy atom. The molecule has 1 aliphatic rings. The standard InChI is InChI=1S/C15H11F3N2O3/c16-15(17,18)23-12-3-1-2-11(7-12)20-13-5-4-9(14(21)22)6-10(13)8-19-20/h2,4-8H,1,3H2,(H,21,22). The van der Waals surface area contributed by atoms with Gasteiger partial charge in [0.1, 0.15) is 5.76 Å². The Labute approximate surface area is 128 Å². The van der Waals surface area contributed by atoms with Crippen LogP contribution in [0, 0.1) is 0 Å². The van der Waals surface area contributed by atoms with Crippen molar-refractivity contribution in [2.45, 2.75) is 19.2 Å². The number of carboxylic acids is 1. The van der Waals surface area contributed by atoms with Crippen LogP contribution in [0.1, 0.15) is 23.2 Å². The second kappa shape index (κ2) is 5.45. The van der Waals surface area contributed by atoms with Crippen LogP contribution in [0.4, 0.5) is 13.2 Å². The smallest absolute Gasteiger partial charge is 0.478 e. The highest BCUT2D eigenvalue weighted by atomic mass is 19.4. The molecule has 0 spiro atoms. The molecule has 0 unspecified atom stereocenters. The van der Waals surface area contributed by atoms with Crippen LogP contribution in [0.5, 0.6) is 0 Å². The van der Waals surface area contributed by atoms with Gasteiger partial charge in [-0.05, 0) is 24.6 Å². The summed E-state index contributed by atoms with van der Waals surface area (Å²) in [5, 5.41) is 13.7. The number of nitrogens with zero attached hydrogens (tertiary/aromatic N) is 2. The number of ether oxygens (including phenoxy) is 1. The molecule has 0 amide bonds. The third-order valence-electron chi connectivity index (χ3n) is 3.36. The predicted octanol–water partition coefficient (Wildman–Crippen LogP) is 3.79. The lowest BCUT2D eigenvalue weighted by atomic mass is 10.1. The highest BCUT2D eigenvalue weighted by Crippen LogP contribution is 2.29. The number of benzene rings is 1. The summed E-state index contributed by atoms with van der Waals surface area (Å²) in [6.07, 6.45) is 0.332. The number of aromatic nitrogens is 2. The van der Waals surface area contributed by atoms with Gasteiger partial charge in [0.25, 0.3) is 0 Å². The number of allylic oxidation sites excluding steroid dienone is 4. The molecule has 0 atom stereocenters. The zero-order valence-electron chi connectivity index (χ0n) is 11.7. The quantitative estimate of drug-likeness (QED) is 0.933. The van der Waals surface area contributed by atoms with Crippen LogP contribution < -0.4 is 0 Å². The molecule has 0 saturated carbocycles. The van der Waals surface area contributed by atoms with E-state index in [4.69, 9.17) is 5.11 Å². The van der Waals surface area contributed by atoms with Crippen LogP contribution >= 0.6 is 0 Å². The molecule has 0 radical (unpaired) electrons. The first kappa shape index (κ1) is 15.1. The van der Waals surface area contributed by atoms with E-state index in [-0.39, 0.29) is 17.7 Å². The first-order valence-electron chi connectivity index (χ1n) is 6.71. The number of carbonyl (C=O) groups is 1. The van der Waals surface area contributed by atoms with Gasteiger partial charge in [-0.25, -0.2) is 9.48 Å². The maximum atomic E-state index is 12.3. The third-order valence-corrected chi connectivity index (χ3v) is 3.36. The summed E-state index contributed by atoms with van der Waals surface area (Å²) in [5.41, 5.74) is 1.17. The van der Waals surface area contributed by atoms with Crippen molar-refractivity contribution < 1.29 is 27.8 Å². The lowest BCUT2D eigenvalue weighted by Gasteiger charge is -2.17. The van der Waals surface area contributed by atoms with Crippen molar-refractivity contribution in [2.75, 3.05) is 0 Å². The first-order valence-corrected chi connectivity index (χ1v) is 6.71. The summed E-state index contributed by atoms with van der Waals surface area (Å²) in [7, 11) is 0. The highest BCUT2D eigenvalue weighted by Gasteiger charge is 2.32. The van der Waals surface area contributed by atoms with Gasteiger partial charge in [-0.2, -0.15) is 5.10 Å². The molecular formula is C15H11F3N2O3. The molecule has 1 N–H and O–H groups in total. The lowest BCUT2D eigenvalue weighted by Crippen LogP contribution is -2.14. The predicted molar refractivity (Wildman–Crippen MR) is 75.4 cm³/mol. The van der Waals surface area contributed by atoms with Gasteiger partial charge in [-0.1, -0.05) is 6.08 Å². The average molecular weight is 324 g/mol. The van der Waals surface area contributed by atoms with Crippen molar-refractivity contribution in [3.8, 4) is 0 Å². The molecule has 120 valence electrons. The summed E-state index contributed by atoms with van der Waals surface area (Å²) < 4.78 is 42.4. The minimum Gasteiger partial charge on any atom is -0.478 e. The fraction of sp³-hybridized carbons (Fsp3) is 0.200. The van der Waals surface area contributed by atoms with E-state index >= 15 is 0 Å². The van der Waals surface area contributed by atoms with Gasteiger partial charge >= 0.3 is 12.3 Å². The number of rotatable bonds is 3. The van der Waals surface area contributed by atoms with Crippen LogP contribution in [0.25, 0.3) is 16.6 Å². The van der Waals surface area contributed by atoms with Crippen molar-refractivity contribution in [3.63, 3.8) is 0 Å². The van der Waals surface area contributed by atoms with E-state index in [1.165, 1.54) is 29.1 Å². The van der Waals surface area contributed by atoms with Gasteiger partial charge in [0, 0.05) is 17.9 Å². The second-order valence-corrected chi connectivity index (χ2v) is 4.96. The SMILES string of the molecule is O=C(O)c1ccc2c(cnn2C2=CCCC(OC(F)(F)F)=C2)c1. The average Bonchev–Trinajstić information content (AvgIpc) is 2.88. The molecule has 1 aliphatic carbocycles. The second-order valence-electron chi connectivity index (χ2n) is 4.96. The molecule has 5 nitrogen and oxygen atoms in total. The summed E-state index contributed by atoms with van der Waals surface area (Å²) in [6, 6.07) is 4.45. The molecule has 8 heteroatoms. The van der Waals surface area contributed by atoms with Gasteiger partial charge in [0.15, 0.2) is 0 Å². The topological polar surface area (TPSA) is 64.3 Å². The van der Waals surface area contributed by atoms with Crippen molar-refractivity contribution in [2.24, 2.45) is 0 Å². The summed E-state index contributed by atoms with van der Waals surface area (Å²) in [4.78, 5) is 11.0.